The predicted molar refractivity (Wildman–Crippen MR) is 108 cm³/mol. The van der Waals surface area contributed by atoms with Crippen molar-refractivity contribution in [1.29, 1.82) is 0 Å². The zero-order valence-electron chi connectivity index (χ0n) is 18.2. The maximum atomic E-state index is 13.0. The Labute approximate surface area is 165 Å². The number of piperidine rings is 2. The fourth-order valence-corrected chi connectivity index (χ4v) is 4.40. The van der Waals surface area contributed by atoms with Gasteiger partial charge in [-0.3, -0.25) is 9.69 Å². The minimum Gasteiger partial charge on any atom is -0.444 e. The molecule has 0 spiro atoms. The number of ether oxygens (including phenoxy) is 1. The lowest BCUT2D eigenvalue weighted by Gasteiger charge is -2.46. The van der Waals surface area contributed by atoms with Crippen molar-refractivity contribution in [2.24, 2.45) is 5.41 Å². The third-order valence-electron chi connectivity index (χ3n) is 5.93. The van der Waals surface area contributed by atoms with E-state index in [4.69, 9.17) is 4.74 Å². The van der Waals surface area contributed by atoms with Crippen LogP contribution in [0.1, 0.15) is 67.2 Å². The molecule has 0 aliphatic carbocycles. The van der Waals surface area contributed by atoms with Gasteiger partial charge in [0.1, 0.15) is 5.60 Å². The Morgan fingerprint density at radius 3 is 2.22 bits per heavy atom. The highest BCUT2D eigenvalue weighted by Crippen LogP contribution is 2.34. The van der Waals surface area contributed by atoms with E-state index in [0.29, 0.717) is 11.9 Å². The summed E-state index contributed by atoms with van der Waals surface area (Å²) >= 11 is 0. The van der Waals surface area contributed by atoms with E-state index >= 15 is 0 Å². The van der Waals surface area contributed by atoms with Crippen molar-refractivity contribution >= 4 is 12.0 Å². The maximum absolute atomic E-state index is 13.0. The molecule has 27 heavy (non-hydrogen) atoms. The Kier molecular flexibility index (Phi) is 7.17. The summed E-state index contributed by atoms with van der Waals surface area (Å²) in [6, 6.07) is 0.452. The van der Waals surface area contributed by atoms with E-state index in [2.05, 4.69) is 25.7 Å². The molecule has 1 atom stereocenters. The first-order valence-electron chi connectivity index (χ1n) is 10.6. The molecule has 156 valence electrons. The number of rotatable bonds is 4. The van der Waals surface area contributed by atoms with E-state index in [-0.39, 0.29) is 11.5 Å². The van der Waals surface area contributed by atoms with E-state index in [0.717, 1.165) is 65.0 Å². The van der Waals surface area contributed by atoms with Crippen LogP contribution in [0.4, 0.5) is 4.79 Å². The molecular weight excluding hydrogens is 342 g/mol. The number of likely N-dealkylation sites (tertiary alicyclic amines) is 2. The van der Waals surface area contributed by atoms with E-state index in [9.17, 15) is 9.59 Å². The second kappa shape index (κ2) is 8.80. The Morgan fingerprint density at radius 1 is 1.11 bits per heavy atom. The van der Waals surface area contributed by atoms with E-state index in [1.54, 1.807) is 0 Å². The molecule has 2 aliphatic heterocycles. The van der Waals surface area contributed by atoms with Crippen molar-refractivity contribution in [3.8, 4) is 0 Å². The molecule has 0 saturated carbocycles. The van der Waals surface area contributed by atoms with Gasteiger partial charge >= 0.3 is 6.09 Å². The van der Waals surface area contributed by atoms with Gasteiger partial charge in [0, 0.05) is 38.8 Å². The summed E-state index contributed by atoms with van der Waals surface area (Å²) < 4.78 is 5.50. The first kappa shape index (κ1) is 22.0. The molecule has 1 unspecified atom stereocenters. The van der Waals surface area contributed by atoms with Crippen molar-refractivity contribution in [2.75, 3.05) is 39.3 Å². The van der Waals surface area contributed by atoms with Crippen LogP contribution in [0.15, 0.2) is 0 Å². The van der Waals surface area contributed by atoms with Crippen LogP contribution < -0.4 is 0 Å². The normalized spacial score (nSPS) is 25.3. The van der Waals surface area contributed by atoms with Crippen molar-refractivity contribution in [2.45, 2.75) is 78.9 Å². The van der Waals surface area contributed by atoms with Crippen LogP contribution in [0.3, 0.4) is 0 Å². The Balaban J connectivity index is 1.92. The summed E-state index contributed by atoms with van der Waals surface area (Å²) in [6.07, 6.45) is 3.73. The molecule has 0 radical (unpaired) electrons. The standard InChI is InChI=1S/C21H39N3O3/c1-7-22(8-2)18(25)21(6)12-9-13-24(16-21)17-10-14-23(15-11-17)19(26)27-20(3,4)5/h17H,7-16H2,1-6H3. The highest BCUT2D eigenvalue weighted by Gasteiger charge is 2.42. The number of hydrogen-bond acceptors (Lipinski definition) is 4. The van der Waals surface area contributed by atoms with Crippen molar-refractivity contribution in [3.05, 3.63) is 0 Å². The second-order valence-electron chi connectivity index (χ2n) is 9.31. The fraction of sp³-hybridized carbons (Fsp3) is 0.905. The number of hydrogen-bond donors (Lipinski definition) is 0. The topological polar surface area (TPSA) is 53.1 Å². The Hall–Kier alpha value is -1.30. The molecule has 0 aromatic rings. The molecule has 0 aromatic carbocycles. The number of nitrogens with zero attached hydrogens (tertiary/aromatic N) is 3. The van der Waals surface area contributed by atoms with Crippen molar-refractivity contribution in [3.63, 3.8) is 0 Å². The van der Waals surface area contributed by atoms with Gasteiger partial charge in [0.05, 0.1) is 5.41 Å². The summed E-state index contributed by atoms with van der Waals surface area (Å²) in [5.74, 6) is 0.295. The van der Waals surface area contributed by atoms with Crippen molar-refractivity contribution in [1.82, 2.24) is 14.7 Å². The van der Waals surface area contributed by atoms with E-state index < -0.39 is 5.60 Å². The van der Waals surface area contributed by atoms with Crippen LogP contribution in [0.5, 0.6) is 0 Å². The van der Waals surface area contributed by atoms with Crippen molar-refractivity contribution < 1.29 is 14.3 Å². The third-order valence-corrected chi connectivity index (χ3v) is 5.93. The smallest absolute Gasteiger partial charge is 0.410 e. The van der Waals surface area contributed by atoms with Gasteiger partial charge in [-0.2, -0.15) is 0 Å². The minimum atomic E-state index is -0.451. The van der Waals surface area contributed by atoms with Gasteiger partial charge in [-0.15, -0.1) is 0 Å². The zero-order valence-corrected chi connectivity index (χ0v) is 18.2. The summed E-state index contributed by atoms with van der Waals surface area (Å²) in [5.41, 5.74) is -0.736. The maximum Gasteiger partial charge on any atom is 0.410 e. The zero-order chi connectivity index (χ0) is 20.2. The molecule has 2 fully saturated rings. The highest BCUT2D eigenvalue weighted by molar-refractivity contribution is 5.82. The summed E-state index contributed by atoms with van der Waals surface area (Å²) in [7, 11) is 0. The molecule has 6 heteroatoms. The molecule has 0 N–H and O–H groups in total. The van der Waals surface area contributed by atoms with Gasteiger partial charge in [0.25, 0.3) is 0 Å². The summed E-state index contributed by atoms with van der Waals surface area (Å²) in [4.78, 5) is 31.6. The van der Waals surface area contributed by atoms with E-state index in [1.165, 1.54) is 0 Å². The minimum absolute atomic E-state index is 0.207. The quantitative estimate of drug-likeness (QED) is 0.749. The Bertz CT molecular complexity index is 519. The van der Waals surface area contributed by atoms with Crippen LogP contribution in [0, 0.1) is 5.41 Å². The third kappa shape index (κ3) is 5.59. The summed E-state index contributed by atoms with van der Waals surface area (Å²) in [6.45, 7) is 16.9. The highest BCUT2D eigenvalue weighted by atomic mass is 16.6. The van der Waals surface area contributed by atoms with E-state index in [1.807, 2.05) is 30.6 Å². The van der Waals surface area contributed by atoms with Gasteiger partial charge in [-0.05, 0) is 73.8 Å². The Morgan fingerprint density at radius 2 is 1.70 bits per heavy atom. The lowest BCUT2D eigenvalue weighted by atomic mass is 9.79. The van der Waals surface area contributed by atoms with Gasteiger partial charge in [-0.1, -0.05) is 0 Å². The first-order chi connectivity index (χ1) is 12.6. The van der Waals surface area contributed by atoms with Gasteiger partial charge in [-0.25, -0.2) is 4.79 Å². The van der Waals surface area contributed by atoms with Crippen LogP contribution >= 0.6 is 0 Å². The molecule has 2 heterocycles. The SMILES string of the molecule is CCN(CC)C(=O)C1(C)CCCN(C2CCN(C(=O)OC(C)(C)C)CC2)C1. The average molecular weight is 382 g/mol. The van der Waals surface area contributed by atoms with Crippen LogP contribution in [0.25, 0.3) is 0 Å². The van der Waals surface area contributed by atoms with Crippen LogP contribution in [-0.2, 0) is 9.53 Å². The molecule has 2 amide bonds. The van der Waals surface area contributed by atoms with Crippen LogP contribution in [-0.4, -0.2) is 77.6 Å². The summed E-state index contributed by atoms with van der Waals surface area (Å²) in [5, 5.41) is 0. The lowest BCUT2D eigenvalue weighted by molar-refractivity contribution is -0.145. The van der Waals surface area contributed by atoms with Gasteiger partial charge in [0.15, 0.2) is 0 Å². The fourth-order valence-electron chi connectivity index (χ4n) is 4.40. The van der Waals surface area contributed by atoms with Gasteiger partial charge in [0.2, 0.25) is 5.91 Å². The molecular formula is C21H39N3O3. The van der Waals surface area contributed by atoms with Crippen LogP contribution in [0.2, 0.25) is 0 Å². The first-order valence-corrected chi connectivity index (χ1v) is 10.6. The molecule has 2 aliphatic rings. The largest absolute Gasteiger partial charge is 0.444 e. The molecule has 0 aromatic heterocycles. The lowest BCUT2D eigenvalue weighted by Crippen LogP contribution is -2.56. The number of carbonyl (C=O) groups excluding carboxylic acids is 2. The molecule has 2 saturated heterocycles. The number of amides is 2. The molecule has 2 rings (SSSR count). The predicted octanol–water partition coefficient (Wildman–Crippen LogP) is 3.36. The monoisotopic (exact) mass is 381 g/mol. The molecule has 6 nitrogen and oxygen atoms in total. The second-order valence-corrected chi connectivity index (χ2v) is 9.31. The average Bonchev–Trinajstić information content (AvgIpc) is 2.61. The number of carbonyl (C=O) groups is 2. The van der Waals surface area contributed by atoms with Gasteiger partial charge < -0.3 is 14.5 Å². The molecule has 0 bridgehead atoms.